The van der Waals surface area contributed by atoms with Gasteiger partial charge in [-0.1, -0.05) is 11.6 Å². The zero-order chi connectivity index (χ0) is 16.2. The second kappa shape index (κ2) is 7.10. The Kier molecular flexibility index (Phi) is 4.93. The minimum Gasteiger partial charge on any atom is -0.373 e. The van der Waals surface area contributed by atoms with Gasteiger partial charge in [-0.15, -0.1) is 0 Å². The van der Waals surface area contributed by atoms with Crippen molar-refractivity contribution in [2.75, 3.05) is 13.2 Å². The minimum atomic E-state index is -0.188. The summed E-state index contributed by atoms with van der Waals surface area (Å²) in [6.45, 7) is 4.11. The highest BCUT2D eigenvalue weighted by Gasteiger charge is 2.31. The molecule has 1 N–H and O–H groups in total. The lowest BCUT2D eigenvalue weighted by Crippen LogP contribution is -2.30. The molecule has 2 aromatic heterocycles. The number of pyridine rings is 1. The van der Waals surface area contributed by atoms with Crippen molar-refractivity contribution in [1.82, 2.24) is 20.1 Å². The highest BCUT2D eigenvalue weighted by Crippen LogP contribution is 2.33. The number of aromatic nitrogens is 3. The van der Waals surface area contributed by atoms with Gasteiger partial charge in [0, 0.05) is 49.8 Å². The predicted molar refractivity (Wildman–Crippen MR) is 86.3 cm³/mol. The zero-order valence-corrected chi connectivity index (χ0v) is 13.7. The van der Waals surface area contributed by atoms with Crippen molar-refractivity contribution in [2.45, 2.75) is 26.0 Å². The van der Waals surface area contributed by atoms with Crippen LogP contribution in [0.2, 0.25) is 5.02 Å². The predicted octanol–water partition coefficient (Wildman–Crippen LogP) is 2.46. The van der Waals surface area contributed by atoms with Gasteiger partial charge in [-0.05, 0) is 19.4 Å². The molecule has 1 aliphatic heterocycles. The fourth-order valence-corrected chi connectivity index (χ4v) is 2.99. The number of hydrogen-bond acceptors (Lipinski definition) is 4. The minimum absolute atomic E-state index is 0.0245. The van der Waals surface area contributed by atoms with Crippen molar-refractivity contribution in [2.24, 2.45) is 5.92 Å². The maximum Gasteiger partial charge on any atom is 0.252 e. The van der Waals surface area contributed by atoms with Crippen LogP contribution in [-0.4, -0.2) is 33.8 Å². The highest BCUT2D eigenvalue weighted by molar-refractivity contribution is 6.33. The largest absolute Gasteiger partial charge is 0.373 e. The van der Waals surface area contributed by atoms with Crippen molar-refractivity contribution in [3.05, 3.63) is 47.0 Å². The maximum atomic E-state index is 12.2. The number of halogens is 1. The molecule has 23 heavy (non-hydrogen) atoms. The molecule has 6 nitrogen and oxygen atoms in total. The first-order chi connectivity index (χ1) is 11.2. The molecule has 7 heteroatoms. The molecule has 0 unspecified atom stereocenters. The van der Waals surface area contributed by atoms with Gasteiger partial charge in [-0.25, -0.2) is 0 Å². The van der Waals surface area contributed by atoms with Crippen LogP contribution in [0.5, 0.6) is 0 Å². The number of aryl methyl sites for hydroxylation is 1. The average Bonchev–Trinajstić information content (AvgIpc) is 3.21. The number of nitrogens with one attached hydrogen (secondary N) is 1. The molecule has 3 heterocycles. The summed E-state index contributed by atoms with van der Waals surface area (Å²) in [5.74, 6) is 0.0429. The lowest BCUT2D eigenvalue weighted by Gasteiger charge is -2.18. The normalized spacial score (nSPS) is 20.6. The van der Waals surface area contributed by atoms with Crippen LogP contribution < -0.4 is 5.32 Å². The third-order valence-electron chi connectivity index (χ3n) is 4.06. The first-order valence-electron chi connectivity index (χ1n) is 7.70. The molecule has 122 valence electrons. The number of ether oxygens (including phenoxy) is 1. The van der Waals surface area contributed by atoms with Gasteiger partial charge in [0.05, 0.1) is 22.9 Å². The van der Waals surface area contributed by atoms with Gasteiger partial charge < -0.3 is 10.1 Å². The molecule has 0 aromatic carbocycles. The molecule has 0 saturated carbocycles. The Morgan fingerprint density at radius 2 is 2.39 bits per heavy atom. The summed E-state index contributed by atoms with van der Waals surface area (Å²) in [7, 11) is 0. The standard InChI is InChI=1S/C16H19ClN4O2/c1-2-21-10-12(8-20-21)15-11(4-6-23-15)7-19-16(22)13-3-5-18-9-14(13)17/h3,5,8-11,15H,2,4,6-7H2,1H3,(H,19,22)/t11-,15+/m0/s1. The van der Waals surface area contributed by atoms with Crippen molar-refractivity contribution < 1.29 is 9.53 Å². The topological polar surface area (TPSA) is 69.0 Å². The van der Waals surface area contributed by atoms with E-state index in [-0.39, 0.29) is 17.9 Å². The lowest BCUT2D eigenvalue weighted by molar-refractivity contribution is 0.0846. The summed E-state index contributed by atoms with van der Waals surface area (Å²) >= 11 is 6.00. The van der Waals surface area contributed by atoms with Gasteiger partial charge in [0.1, 0.15) is 0 Å². The molecular weight excluding hydrogens is 316 g/mol. The number of hydrogen-bond donors (Lipinski definition) is 1. The lowest BCUT2D eigenvalue weighted by atomic mass is 9.97. The molecule has 2 atom stereocenters. The Morgan fingerprint density at radius 1 is 1.52 bits per heavy atom. The number of nitrogens with zero attached hydrogens (tertiary/aromatic N) is 3. The molecule has 0 aliphatic carbocycles. The van der Waals surface area contributed by atoms with E-state index in [2.05, 4.69) is 15.4 Å². The van der Waals surface area contributed by atoms with E-state index in [9.17, 15) is 4.79 Å². The zero-order valence-electron chi connectivity index (χ0n) is 12.9. The number of amides is 1. The molecule has 0 bridgehead atoms. The van der Waals surface area contributed by atoms with Crippen LogP contribution in [0, 0.1) is 5.92 Å². The average molecular weight is 335 g/mol. The number of carbonyl (C=O) groups excluding carboxylic acids is 1. The first-order valence-corrected chi connectivity index (χ1v) is 8.08. The van der Waals surface area contributed by atoms with E-state index in [4.69, 9.17) is 16.3 Å². The third kappa shape index (κ3) is 3.54. The van der Waals surface area contributed by atoms with Gasteiger partial charge in [0.25, 0.3) is 5.91 Å². The highest BCUT2D eigenvalue weighted by atomic mass is 35.5. The van der Waals surface area contributed by atoms with Crippen LogP contribution in [-0.2, 0) is 11.3 Å². The van der Waals surface area contributed by atoms with Crippen LogP contribution in [0.3, 0.4) is 0 Å². The third-order valence-corrected chi connectivity index (χ3v) is 4.36. The molecule has 1 aliphatic rings. The van der Waals surface area contributed by atoms with E-state index in [1.165, 1.54) is 6.20 Å². The molecule has 2 aromatic rings. The Bertz CT molecular complexity index is 688. The Balaban J connectivity index is 1.63. The van der Waals surface area contributed by atoms with E-state index >= 15 is 0 Å². The summed E-state index contributed by atoms with van der Waals surface area (Å²) in [6, 6.07) is 1.62. The van der Waals surface area contributed by atoms with Crippen molar-refractivity contribution in [1.29, 1.82) is 0 Å². The van der Waals surface area contributed by atoms with Crippen LogP contribution in [0.25, 0.3) is 0 Å². The fraction of sp³-hybridized carbons (Fsp3) is 0.438. The smallest absolute Gasteiger partial charge is 0.252 e. The van der Waals surface area contributed by atoms with Gasteiger partial charge >= 0.3 is 0 Å². The van der Waals surface area contributed by atoms with E-state index in [1.54, 1.807) is 12.3 Å². The summed E-state index contributed by atoms with van der Waals surface area (Å²) in [5, 5.41) is 7.59. The van der Waals surface area contributed by atoms with Gasteiger partial charge in [-0.3, -0.25) is 14.5 Å². The second-order valence-electron chi connectivity index (χ2n) is 5.54. The number of carbonyl (C=O) groups is 1. The van der Waals surface area contributed by atoms with Gasteiger partial charge in [-0.2, -0.15) is 5.10 Å². The Morgan fingerprint density at radius 3 is 3.13 bits per heavy atom. The summed E-state index contributed by atoms with van der Waals surface area (Å²) in [6.07, 6.45) is 7.76. The molecule has 1 fully saturated rings. The summed E-state index contributed by atoms with van der Waals surface area (Å²) < 4.78 is 7.71. The maximum absolute atomic E-state index is 12.2. The molecule has 0 radical (unpaired) electrons. The quantitative estimate of drug-likeness (QED) is 0.912. The molecule has 1 saturated heterocycles. The monoisotopic (exact) mass is 334 g/mol. The van der Waals surface area contributed by atoms with Crippen LogP contribution in [0.1, 0.15) is 35.4 Å². The fourth-order valence-electron chi connectivity index (χ4n) is 2.79. The summed E-state index contributed by atoms with van der Waals surface area (Å²) in [4.78, 5) is 16.1. The van der Waals surface area contributed by atoms with E-state index in [0.717, 1.165) is 18.5 Å². The van der Waals surface area contributed by atoms with Crippen molar-refractivity contribution >= 4 is 17.5 Å². The van der Waals surface area contributed by atoms with Crippen LogP contribution in [0.4, 0.5) is 0 Å². The van der Waals surface area contributed by atoms with Crippen molar-refractivity contribution in [3.8, 4) is 0 Å². The first kappa shape index (κ1) is 16.0. The molecule has 0 spiro atoms. The van der Waals surface area contributed by atoms with E-state index < -0.39 is 0 Å². The number of rotatable bonds is 5. The second-order valence-corrected chi connectivity index (χ2v) is 5.94. The van der Waals surface area contributed by atoms with E-state index in [1.807, 2.05) is 24.0 Å². The van der Waals surface area contributed by atoms with Gasteiger partial charge in [0.2, 0.25) is 0 Å². The van der Waals surface area contributed by atoms with Crippen LogP contribution >= 0.6 is 11.6 Å². The van der Waals surface area contributed by atoms with Gasteiger partial charge in [0.15, 0.2) is 0 Å². The van der Waals surface area contributed by atoms with Crippen molar-refractivity contribution in [3.63, 3.8) is 0 Å². The molecule has 3 rings (SSSR count). The van der Waals surface area contributed by atoms with Crippen LogP contribution in [0.15, 0.2) is 30.9 Å². The molecule has 1 amide bonds. The Hall–Kier alpha value is -1.92. The van der Waals surface area contributed by atoms with E-state index in [0.29, 0.717) is 23.7 Å². The summed E-state index contributed by atoms with van der Waals surface area (Å²) in [5.41, 5.74) is 1.50. The Labute approximate surface area is 139 Å². The molecular formula is C16H19ClN4O2. The SMILES string of the molecule is CCn1cc([C@@H]2OCC[C@H]2CNC(=O)c2ccncc2Cl)cn1.